The minimum absolute atomic E-state index is 0.0577. The largest absolute Gasteiger partial charge is 0.337 e. The number of piperidine rings is 1. The molecule has 3 heterocycles. The number of nitriles is 1. The SMILES string of the molecule is N#CC1CCCN(C(=O)c2cnn3ccncc23)C1. The molecule has 0 aliphatic carbocycles. The summed E-state index contributed by atoms with van der Waals surface area (Å²) >= 11 is 0. The molecule has 1 saturated heterocycles. The van der Waals surface area contributed by atoms with Crippen molar-refractivity contribution in [3.63, 3.8) is 0 Å². The van der Waals surface area contributed by atoms with Gasteiger partial charge in [-0.05, 0) is 12.8 Å². The van der Waals surface area contributed by atoms with Crippen LogP contribution in [0.2, 0.25) is 0 Å². The Morgan fingerprint density at radius 3 is 3.21 bits per heavy atom. The average Bonchev–Trinajstić information content (AvgIpc) is 2.90. The van der Waals surface area contributed by atoms with Crippen LogP contribution in [-0.4, -0.2) is 38.5 Å². The summed E-state index contributed by atoms with van der Waals surface area (Å²) in [6.45, 7) is 1.21. The van der Waals surface area contributed by atoms with Gasteiger partial charge in [0.15, 0.2) is 0 Å². The topological polar surface area (TPSA) is 74.3 Å². The van der Waals surface area contributed by atoms with Gasteiger partial charge in [-0.2, -0.15) is 10.4 Å². The lowest BCUT2D eigenvalue weighted by atomic mass is 9.99. The number of fused-ring (bicyclic) bond motifs is 1. The van der Waals surface area contributed by atoms with Crippen LogP contribution in [0, 0.1) is 17.2 Å². The first-order valence-electron chi connectivity index (χ1n) is 6.26. The fourth-order valence-electron chi connectivity index (χ4n) is 2.44. The number of amides is 1. The monoisotopic (exact) mass is 255 g/mol. The van der Waals surface area contributed by atoms with E-state index in [-0.39, 0.29) is 11.8 Å². The number of hydrogen-bond acceptors (Lipinski definition) is 4. The Kier molecular flexibility index (Phi) is 2.88. The van der Waals surface area contributed by atoms with Gasteiger partial charge in [-0.25, -0.2) is 4.52 Å². The molecule has 1 amide bonds. The van der Waals surface area contributed by atoms with E-state index in [4.69, 9.17) is 5.26 Å². The molecule has 1 atom stereocenters. The molecular formula is C13H13N5O. The zero-order chi connectivity index (χ0) is 13.2. The van der Waals surface area contributed by atoms with Gasteiger partial charge in [-0.15, -0.1) is 0 Å². The smallest absolute Gasteiger partial charge is 0.257 e. The van der Waals surface area contributed by atoms with Crippen molar-refractivity contribution in [2.45, 2.75) is 12.8 Å². The van der Waals surface area contributed by atoms with Gasteiger partial charge >= 0.3 is 0 Å². The number of carbonyl (C=O) groups is 1. The maximum Gasteiger partial charge on any atom is 0.257 e. The molecule has 0 saturated carbocycles. The highest BCUT2D eigenvalue weighted by atomic mass is 16.2. The van der Waals surface area contributed by atoms with Gasteiger partial charge in [0.05, 0.1) is 35.5 Å². The summed E-state index contributed by atoms with van der Waals surface area (Å²) in [6, 6.07) is 2.24. The van der Waals surface area contributed by atoms with Crippen LogP contribution in [-0.2, 0) is 0 Å². The van der Waals surface area contributed by atoms with E-state index in [0.29, 0.717) is 24.2 Å². The van der Waals surface area contributed by atoms with Gasteiger partial charge in [-0.1, -0.05) is 0 Å². The predicted molar refractivity (Wildman–Crippen MR) is 67.2 cm³/mol. The second kappa shape index (κ2) is 4.69. The van der Waals surface area contributed by atoms with E-state index >= 15 is 0 Å². The number of likely N-dealkylation sites (tertiary alicyclic amines) is 1. The van der Waals surface area contributed by atoms with Crippen molar-refractivity contribution < 1.29 is 4.79 Å². The zero-order valence-electron chi connectivity index (χ0n) is 10.4. The summed E-state index contributed by atoms with van der Waals surface area (Å²) in [6.07, 6.45) is 8.28. The molecule has 0 radical (unpaired) electrons. The predicted octanol–water partition coefficient (Wildman–Crippen LogP) is 1.11. The maximum atomic E-state index is 12.5. The Morgan fingerprint density at radius 2 is 2.37 bits per heavy atom. The second-order valence-electron chi connectivity index (χ2n) is 4.68. The van der Waals surface area contributed by atoms with E-state index in [1.54, 1.807) is 34.2 Å². The molecule has 6 heteroatoms. The van der Waals surface area contributed by atoms with Crippen molar-refractivity contribution in [3.05, 3.63) is 30.4 Å². The lowest BCUT2D eigenvalue weighted by Crippen LogP contribution is -2.39. The Bertz CT molecular complexity index is 656. The Balaban J connectivity index is 1.90. The van der Waals surface area contributed by atoms with Crippen molar-refractivity contribution in [2.24, 2.45) is 5.92 Å². The first kappa shape index (κ1) is 11.7. The second-order valence-corrected chi connectivity index (χ2v) is 4.68. The van der Waals surface area contributed by atoms with E-state index in [0.717, 1.165) is 12.8 Å². The molecule has 3 rings (SSSR count). The zero-order valence-corrected chi connectivity index (χ0v) is 10.4. The van der Waals surface area contributed by atoms with Crippen LogP contribution in [0.5, 0.6) is 0 Å². The van der Waals surface area contributed by atoms with Crippen LogP contribution in [0.4, 0.5) is 0 Å². The van der Waals surface area contributed by atoms with Gasteiger partial charge in [0.2, 0.25) is 0 Å². The number of aromatic nitrogens is 3. The minimum atomic E-state index is -0.0667. The molecule has 1 unspecified atom stereocenters. The molecule has 2 aromatic rings. The number of carbonyl (C=O) groups excluding carboxylic acids is 1. The molecule has 2 aromatic heterocycles. The fourth-order valence-corrected chi connectivity index (χ4v) is 2.44. The summed E-state index contributed by atoms with van der Waals surface area (Å²) < 4.78 is 1.63. The normalized spacial score (nSPS) is 19.3. The van der Waals surface area contributed by atoms with Gasteiger partial charge in [0.25, 0.3) is 5.91 Å². The first-order chi connectivity index (χ1) is 9.29. The summed E-state index contributed by atoms with van der Waals surface area (Å²) in [5.41, 5.74) is 1.25. The van der Waals surface area contributed by atoms with Crippen molar-refractivity contribution in [1.29, 1.82) is 5.26 Å². The molecule has 1 fully saturated rings. The molecule has 0 bridgehead atoms. The molecule has 1 aliphatic heterocycles. The third kappa shape index (κ3) is 2.03. The van der Waals surface area contributed by atoms with Crippen molar-refractivity contribution >= 4 is 11.4 Å². The fraction of sp³-hybridized carbons (Fsp3) is 0.385. The van der Waals surface area contributed by atoms with E-state index < -0.39 is 0 Å². The molecule has 0 N–H and O–H groups in total. The van der Waals surface area contributed by atoms with Crippen LogP contribution in [0.15, 0.2) is 24.8 Å². The quantitative estimate of drug-likeness (QED) is 0.765. The summed E-state index contributed by atoms with van der Waals surface area (Å²) in [5, 5.41) is 13.1. The maximum absolute atomic E-state index is 12.5. The third-order valence-corrected chi connectivity index (χ3v) is 3.45. The summed E-state index contributed by atoms with van der Waals surface area (Å²) in [7, 11) is 0. The Hall–Kier alpha value is -2.42. The number of hydrogen-bond donors (Lipinski definition) is 0. The van der Waals surface area contributed by atoms with Gasteiger partial charge < -0.3 is 4.90 Å². The lowest BCUT2D eigenvalue weighted by molar-refractivity contribution is 0.0700. The van der Waals surface area contributed by atoms with Crippen LogP contribution in [0.3, 0.4) is 0 Å². The Labute approximate surface area is 110 Å². The molecule has 6 nitrogen and oxygen atoms in total. The molecule has 19 heavy (non-hydrogen) atoms. The number of nitrogens with zero attached hydrogens (tertiary/aromatic N) is 5. The van der Waals surface area contributed by atoms with Crippen molar-refractivity contribution in [3.8, 4) is 6.07 Å². The van der Waals surface area contributed by atoms with Crippen LogP contribution < -0.4 is 0 Å². The Morgan fingerprint density at radius 1 is 1.47 bits per heavy atom. The average molecular weight is 255 g/mol. The molecule has 0 spiro atoms. The van der Waals surface area contributed by atoms with Crippen LogP contribution in [0.1, 0.15) is 23.2 Å². The van der Waals surface area contributed by atoms with E-state index in [2.05, 4.69) is 16.2 Å². The van der Waals surface area contributed by atoms with Crippen LogP contribution >= 0.6 is 0 Å². The standard InChI is InChI=1S/C13H13N5O/c14-6-10-2-1-4-17(9-10)13(19)11-7-16-18-5-3-15-8-12(11)18/h3,5,7-8,10H,1-2,4,9H2. The highest BCUT2D eigenvalue weighted by molar-refractivity contribution is 6.00. The third-order valence-electron chi connectivity index (χ3n) is 3.45. The molecular weight excluding hydrogens is 242 g/mol. The first-order valence-corrected chi connectivity index (χ1v) is 6.26. The molecule has 0 aromatic carbocycles. The molecule has 1 aliphatic rings. The molecule has 96 valence electrons. The van der Waals surface area contributed by atoms with Gasteiger partial charge in [0.1, 0.15) is 0 Å². The lowest BCUT2D eigenvalue weighted by Gasteiger charge is -2.29. The minimum Gasteiger partial charge on any atom is -0.337 e. The summed E-state index contributed by atoms with van der Waals surface area (Å²) in [4.78, 5) is 18.2. The van der Waals surface area contributed by atoms with E-state index in [1.165, 1.54) is 0 Å². The van der Waals surface area contributed by atoms with Gasteiger partial charge in [0, 0.05) is 25.5 Å². The van der Waals surface area contributed by atoms with Crippen molar-refractivity contribution in [2.75, 3.05) is 13.1 Å². The highest BCUT2D eigenvalue weighted by Crippen LogP contribution is 2.19. The van der Waals surface area contributed by atoms with E-state index in [9.17, 15) is 4.79 Å². The number of rotatable bonds is 1. The van der Waals surface area contributed by atoms with Crippen LogP contribution in [0.25, 0.3) is 5.52 Å². The van der Waals surface area contributed by atoms with Crippen molar-refractivity contribution in [1.82, 2.24) is 19.5 Å². The van der Waals surface area contributed by atoms with E-state index in [1.807, 2.05) is 0 Å². The summed E-state index contributed by atoms with van der Waals surface area (Å²) in [5.74, 6) is -0.124. The highest BCUT2D eigenvalue weighted by Gasteiger charge is 2.26. The van der Waals surface area contributed by atoms with Gasteiger partial charge in [-0.3, -0.25) is 9.78 Å².